The van der Waals surface area contributed by atoms with Crippen molar-refractivity contribution in [2.45, 2.75) is 19.3 Å². The van der Waals surface area contributed by atoms with Gasteiger partial charge in [-0.25, -0.2) is 0 Å². The Morgan fingerprint density at radius 1 is 1.65 bits per heavy atom. The molecular formula is C10H17ClN4OS. The molecule has 1 aliphatic rings. The maximum atomic E-state index is 12.0. The summed E-state index contributed by atoms with van der Waals surface area (Å²) in [6.07, 6.45) is 4.78. The lowest BCUT2D eigenvalue weighted by Gasteiger charge is -2.32. The van der Waals surface area contributed by atoms with Crippen molar-refractivity contribution in [2.75, 3.05) is 19.6 Å². The molecule has 96 valence electrons. The van der Waals surface area contributed by atoms with Gasteiger partial charge in [0.15, 0.2) is 5.69 Å². The van der Waals surface area contributed by atoms with Crippen LogP contribution in [0.5, 0.6) is 0 Å². The second-order valence-electron chi connectivity index (χ2n) is 4.13. The molecule has 1 aromatic rings. The van der Waals surface area contributed by atoms with Gasteiger partial charge in [-0.2, -0.15) is 8.75 Å². The minimum Gasteiger partial charge on any atom is -0.337 e. The molecule has 2 N–H and O–H groups in total. The summed E-state index contributed by atoms with van der Waals surface area (Å²) in [5.41, 5.74) is 6.02. The van der Waals surface area contributed by atoms with E-state index in [0.29, 0.717) is 18.2 Å². The Kier molecular flexibility index (Phi) is 5.80. The van der Waals surface area contributed by atoms with Crippen molar-refractivity contribution in [1.82, 2.24) is 13.6 Å². The van der Waals surface area contributed by atoms with E-state index < -0.39 is 0 Å². The molecule has 0 radical (unpaired) electrons. The fraction of sp³-hybridized carbons (Fsp3) is 0.700. The van der Waals surface area contributed by atoms with Crippen molar-refractivity contribution in [3.05, 3.63) is 11.9 Å². The first-order valence-corrected chi connectivity index (χ1v) is 6.31. The van der Waals surface area contributed by atoms with E-state index in [1.807, 2.05) is 4.90 Å². The van der Waals surface area contributed by atoms with Crippen molar-refractivity contribution in [2.24, 2.45) is 11.7 Å². The maximum Gasteiger partial charge on any atom is 0.275 e. The largest absolute Gasteiger partial charge is 0.337 e. The van der Waals surface area contributed by atoms with Gasteiger partial charge in [0.2, 0.25) is 0 Å². The van der Waals surface area contributed by atoms with Crippen LogP contribution in [0.25, 0.3) is 0 Å². The average molecular weight is 277 g/mol. The van der Waals surface area contributed by atoms with Gasteiger partial charge in [-0.15, -0.1) is 12.4 Å². The molecule has 0 spiro atoms. The number of carbonyl (C=O) groups excluding carboxylic acids is 1. The fourth-order valence-electron chi connectivity index (χ4n) is 2.14. The van der Waals surface area contributed by atoms with Crippen LogP contribution in [-0.4, -0.2) is 39.2 Å². The highest BCUT2D eigenvalue weighted by Crippen LogP contribution is 2.20. The molecule has 1 saturated heterocycles. The molecule has 0 bridgehead atoms. The molecule has 7 heteroatoms. The Hall–Kier alpha value is -0.720. The van der Waals surface area contributed by atoms with Crippen molar-refractivity contribution in [3.63, 3.8) is 0 Å². The summed E-state index contributed by atoms with van der Waals surface area (Å²) in [5.74, 6) is 0.560. The van der Waals surface area contributed by atoms with Crippen molar-refractivity contribution >= 4 is 30.0 Å². The van der Waals surface area contributed by atoms with E-state index in [4.69, 9.17) is 5.73 Å². The zero-order chi connectivity index (χ0) is 11.4. The lowest BCUT2D eigenvalue weighted by atomic mass is 9.95. The van der Waals surface area contributed by atoms with Crippen LogP contribution in [0.15, 0.2) is 6.20 Å². The highest BCUT2D eigenvalue weighted by molar-refractivity contribution is 6.99. The first kappa shape index (κ1) is 14.3. The van der Waals surface area contributed by atoms with Crippen LogP contribution in [0.2, 0.25) is 0 Å². The number of nitrogens with two attached hydrogens (primary N) is 1. The quantitative estimate of drug-likeness (QED) is 0.899. The van der Waals surface area contributed by atoms with E-state index in [1.54, 1.807) is 6.20 Å². The summed E-state index contributed by atoms with van der Waals surface area (Å²) in [5, 5.41) is 0. The van der Waals surface area contributed by atoms with Gasteiger partial charge in [-0.05, 0) is 31.7 Å². The monoisotopic (exact) mass is 276 g/mol. The minimum absolute atomic E-state index is 0. The van der Waals surface area contributed by atoms with E-state index in [-0.39, 0.29) is 18.3 Å². The Balaban J connectivity index is 0.00000144. The van der Waals surface area contributed by atoms with Gasteiger partial charge in [-0.3, -0.25) is 4.79 Å². The molecular weight excluding hydrogens is 260 g/mol. The zero-order valence-corrected chi connectivity index (χ0v) is 11.2. The first-order chi connectivity index (χ1) is 7.81. The average Bonchev–Trinajstić information content (AvgIpc) is 2.82. The molecule has 2 rings (SSSR count). The smallest absolute Gasteiger partial charge is 0.275 e. The number of nitrogens with zero attached hydrogens (tertiary/aromatic N) is 3. The Morgan fingerprint density at radius 2 is 2.47 bits per heavy atom. The molecule has 1 aliphatic heterocycles. The SMILES string of the molecule is Cl.NCCC1CCCN(C(=O)c2cnsn2)C1. The summed E-state index contributed by atoms with van der Waals surface area (Å²) in [6.45, 7) is 2.34. The van der Waals surface area contributed by atoms with Gasteiger partial charge >= 0.3 is 0 Å². The minimum atomic E-state index is 0. The molecule has 1 aromatic heterocycles. The number of halogens is 1. The van der Waals surface area contributed by atoms with Crippen molar-refractivity contribution < 1.29 is 4.79 Å². The second-order valence-corrected chi connectivity index (χ2v) is 4.69. The fourth-order valence-corrected chi connectivity index (χ4v) is 2.55. The molecule has 1 amide bonds. The maximum absolute atomic E-state index is 12.0. The third kappa shape index (κ3) is 3.62. The van der Waals surface area contributed by atoms with Crippen LogP contribution in [0.1, 0.15) is 29.8 Å². The topological polar surface area (TPSA) is 72.1 Å². The molecule has 0 aliphatic carbocycles. The van der Waals surface area contributed by atoms with Gasteiger partial charge in [0.05, 0.1) is 17.9 Å². The molecule has 0 saturated carbocycles. The van der Waals surface area contributed by atoms with Gasteiger partial charge in [-0.1, -0.05) is 0 Å². The summed E-state index contributed by atoms with van der Waals surface area (Å²) in [6, 6.07) is 0. The van der Waals surface area contributed by atoms with Crippen LogP contribution < -0.4 is 5.73 Å². The lowest BCUT2D eigenvalue weighted by molar-refractivity contribution is 0.0664. The number of carbonyl (C=O) groups is 1. The number of aromatic nitrogens is 2. The standard InChI is InChI=1S/C10H16N4OS.ClH/c11-4-3-8-2-1-5-14(7-8)10(15)9-6-12-16-13-9;/h6,8H,1-5,7,11H2;1H. The van der Waals surface area contributed by atoms with Crippen LogP contribution in [0.3, 0.4) is 0 Å². The second kappa shape index (κ2) is 6.88. The van der Waals surface area contributed by atoms with Crippen LogP contribution in [0.4, 0.5) is 0 Å². The predicted octanol–water partition coefficient (Wildman–Crippen LogP) is 1.16. The van der Waals surface area contributed by atoms with Gasteiger partial charge < -0.3 is 10.6 Å². The zero-order valence-electron chi connectivity index (χ0n) is 9.54. The van der Waals surface area contributed by atoms with Crippen LogP contribution in [-0.2, 0) is 0 Å². The van der Waals surface area contributed by atoms with E-state index in [0.717, 1.165) is 37.7 Å². The molecule has 0 aromatic carbocycles. The van der Waals surface area contributed by atoms with Gasteiger partial charge in [0.25, 0.3) is 5.91 Å². The summed E-state index contributed by atoms with van der Waals surface area (Å²) in [4.78, 5) is 13.9. The van der Waals surface area contributed by atoms with E-state index in [2.05, 4.69) is 8.75 Å². The third-order valence-electron chi connectivity index (χ3n) is 2.96. The number of likely N-dealkylation sites (tertiary alicyclic amines) is 1. The Morgan fingerprint density at radius 3 is 3.12 bits per heavy atom. The highest BCUT2D eigenvalue weighted by Gasteiger charge is 2.25. The molecule has 5 nitrogen and oxygen atoms in total. The molecule has 2 heterocycles. The van der Waals surface area contributed by atoms with Crippen LogP contribution in [0, 0.1) is 5.92 Å². The van der Waals surface area contributed by atoms with E-state index in [1.165, 1.54) is 6.42 Å². The Bertz CT molecular complexity index is 344. The first-order valence-electron chi connectivity index (χ1n) is 5.58. The van der Waals surface area contributed by atoms with E-state index >= 15 is 0 Å². The number of hydrogen-bond acceptors (Lipinski definition) is 5. The van der Waals surface area contributed by atoms with Crippen LogP contribution >= 0.6 is 24.1 Å². The van der Waals surface area contributed by atoms with E-state index in [9.17, 15) is 4.79 Å². The normalized spacial score (nSPS) is 19.8. The van der Waals surface area contributed by atoms with Crippen molar-refractivity contribution in [1.29, 1.82) is 0 Å². The molecule has 1 unspecified atom stereocenters. The summed E-state index contributed by atoms with van der Waals surface area (Å²) < 4.78 is 7.83. The highest BCUT2D eigenvalue weighted by atomic mass is 35.5. The number of hydrogen-bond donors (Lipinski definition) is 1. The third-order valence-corrected chi connectivity index (χ3v) is 3.44. The number of rotatable bonds is 3. The van der Waals surface area contributed by atoms with Crippen molar-refractivity contribution in [3.8, 4) is 0 Å². The molecule has 1 atom stereocenters. The molecule has 17 heavy (non-hydrogen) atoms. The Labute approximate surface area is 111 Å². The number of piperidine rings is 1. The summed E-state index contributed by atoms with van der Waals surface area (Å²) >= 11 is 1.08. The summed E-state index contributed by atoms with van der Waals surface area (Å²) in [7, 11) is 0. The predicted molar refractivity (Wildman–Crippen MR) is 69.5 cm³/mol. The van der Waals surface area contributed by atoms with Gasteiger partial charge in [0.1, 0.15) is 0 Å². The lowest BCUT2D eigenvalue weighted by Crippen LogP contribution is -2.40. The molecule has 1 fully saturated rings. The van der Waals surface area contributed by atoms with Gasteiger partial charge in [0, 0.05) is 13.1 Å². The number of amides is 1.